The number of amides is 1. The van der Waals surface area contributed by atoms with Gasteiger partial charge in [-0.15, -0.1) is 0 Å². The van der Waals surface area contributed by atoms with E-state index in [1.54, 1.807) is 6.92 Å². The molecule has 1 aromatic carbocycles. The van der Waals surface area contributed by atoms with Gasteiger partial charge < -0.3 is 14.9 Å². The summed E-state index contributed by atoms with van der Waals surface area (Å²) in [5.74, 6) is 0.468. The summed E-state index contributed by atoms with van der Waals surface area (Å²) in [4.78, 5) is 12.9. The normalized spacial score (nSPS) is 21.2. The summed E-state index contributed by atoms with van der Waals surface area (Å²) in [6.45, 7) is 1.87. The maximum absolute atomic E-state index is 12.9. The van der Waals surface area contributed by atoms with Gasteiger partial charge in [-0.05, 0) is 19.8 Å². The minimum absolute atomic E-state index is 0.00271. The van der Waals surface area contributed by atoms with Crippen molar-refractivity contribution in [2.24, 2.45) is 5.92 Å². The summed E-state index contributed by atoms with van der Waals surface area (Å²) >= 11 is 0. The van der Waals surface area contributed by atoms with Gasteiger partial charge in [-0.2, -0.15) is 0 Å². The molecule has 1 aliphatic carbocycles. The number of hydrogen-bond donors (Lipinski definition) is 2. The minimum Gasteiger partial charge on any atom is -0.396 e. The molecule has 0 saturated heterocycles. The molecule has 2 atom stereocenters. The van der Waals surface area contributed by atoms with E-state index in [4.69, 9.17) is 4.52 Å². The summed E-state index contributed by atoms with van der Waals surface area (Å²) in [6, 6.07) is 9.57. The van der Waals surface area contributed by atoms with Gasteiger partial charge in [0.15, 0.2) is 0 Å². The van der Waals surface area contributed by atoms with Crippen LogP contribution in [0.25, 0.3) is 11.3 Å². The van der Waals surface area contributed by atoms with Gasteiger partial charge in [-0.3, -0.25) is 4.79 Å². The van der Waals surface area contributed by atoms with Crippen LogP contribution in [0, 0.1) is 12.8 Å². The van der Waals surface area contributed by atoms with Gasteiger partial charge in [-0.1, -0.05) is 54.8 Å². The largest absolute Gasteiger partial charge is 0.396 e. The lowest BCUT2D eigenvalue weighted by atomic mass is 9.95. The van der Waals surface area contributed by atoms with E-state index in [1.165, 1.54) is 0 Å². The molecule has 2 N–H and O–H groups in total. The summed E-state index contributed by atoms with van der Waals surface area (Å²) in [6.07, 6.45) is 5.21. The van der Waals surface area contributed by atoms with Crippen LogP contribution in [0.3, 0.4) is 0 Å². The van der Waals surface area contributed by atoms with Crippen molar-refractivity contribution >= 4 is 5.91 Å². The smallest absolute Gasteiger partial charge is 0.257 e. The number of aromatic nitrogens is 1. The van der Waals surface area contributed by atoms with Crippen LogP contribution in [0.4, 0.5) is 0 Å². The molecule has 0 radical (unpaired) electrons. The Hall–Kier alpha value is -2.14. The SMILES string of the molecule is Cc1onc(-c2ccccc2)c1C(=O)NC1CCCCCC1CO. The second kappa shape index (κ2) is 7.62. The van der Waals surface area contributed by atoms with Gasteiger partial charge in [0.05, 0.1) is 0 Å². The first-order valence-corrected chi connectivity index (χ1v) is 8.64. The summed E-state index contributed by atoms with van der Waals surface area (Å²) < 4.78 is 5.28. The second-order valence-electron chi connectivity index (χ2n) is 6.49. The molecule has 5 heteroatoms. The molecule has 2 aromatic rings. The molecule has 1 aromatic heterocycles. The monoisotopic (exact) mass is 328 g/mol. The first-order chi connectivity index (χ1) is 11.7. The molecule has 1 amide bonds. The Kier molecular flexibility index (Phi) is 5.30. The molecule has 1 heterocycles. The zero-order chi connectivity index (χ0) is 16.9. The Bertz CT molecular complexity index is 681. The molecule has 1 aliphatic rings. The highest BCUT2D eigenvalue weighted by Gasteiger charge is 2.28. The second-order valence-corrected chi connectivity index (χ2v) is 6.49. The van der Waals surface area contributed by atoms with Crippen molar-refractivity contribution in [3.63, 3.8) is 0 Å². The average molecular weight is 328 g/mol. The Morgan fingerprint density at radius 2 is 2.00 bits per heavy atom. The van der Waals surface area contributed by atoms with Gasteiger partial charge >= 0.3 is 0 Å². The number of carbonyl (C=O) groups excluding carboxylic acids is 1. The predicted molar refractivity (Wildman–Crippen MR) is 91.6 cm³/mol. The summed E-state index contributed by atoms with van der Waals surface area (Å²) in [7, 11) is 0. The minimum atomic E-state index is -0.169. The lowest BCUT2D eigenvalue weighted by Gasteiger charge is -2.24. The van der Waals surface area contributed by atoms with E-state index < -0.39 is 0 Å². The van der Waals surface area contributed by atoms with E-state index in [1.807, 2.05) is 30.3 Å². The van der Waals surface area contributed by atoms with Crippen molar-refractivity contribution < 1.29 is 14.4 Å². The molecular weight excluding hydrogens is 304 g/mol. The topological polar surface area (TPSA) is 75.4 Å². The number of hydrogen-bond acceptors (Lipinski definition) is 4. The molecule has 24 heavy (non-hydrogen) atoms. The van der Waals surface area contributed by atoms with Crippen LogP contribution < -0.4 is 5.32 Å². The van der Waals surface area contributed by atoms with Crippen molar-refractivity contribution in [3.8, 4) is 11.3 Å². The molecule has 2 unspecified atom stereocenters. The molecule has 1 fully saturated rings. The standard InChI is InChI=1S/C19H24N2O3/c1-13-17(18(21-24-13)14-8-4-2-5-9-14)19(23)20-16-11-7-3-6-10-15(16)12-22/h2,4-5,8-9,15-16,22H,3,6-7,10-12H2,1H3,(H,20,23). The van der Waals surface area contributed by atoms with Crippen LogP contribution in [0.1, 0.15) is 48.2 Å². The number of nitrogens with one attached hydrogen (secondary N) is 1. The number of benzene rings is 1. The first kappa shape index (κ1) is 16.7. The number of nitrogens with zero attached hydrogens (tertiary/aromatic N) is 1. The lowest BCUT2D eigenvalue weighted by Crippen LogP contribution is -2.41. The van der Waals surface area contributed by atoms with Gasteiger partial charge in [0.25, 0.3) is 5.91 Å². The third-order valence-electron chi connectivity index (χ3n) is 4.85. The molecule has 0 aliphatic heterocycles. The molecule has 0 bridgehead atoms. The van der Waals surface area contributed by atoms with Crippen LogP contribution in [-0.4, -0.2) is 28.8 Å². The third kappa shape index (κ3) is 3.51. The van der Waals surface area contributed by atoms with Gasteiger partial charge in [0, 0.05) is 24.1 Å². The highest BCUT2D eigenvalue weighted by molar-refractivity contribution is 6.00. The summed E-state index contributed by atoms with van der Waals surface area (Å²) in [5, 5.41) is 16.8. The Balaban J connectivity index is 1.84. The van der Waals surface area contributed by atoms with E-state index in [2.05, 4.69) is 10.5 Å². The molecule has 1 saturated carbocycles. The Morgan fingerprint density at radius 1 is 1.25 bits per heavy atom. The first-order valence-electron chi connectivity index (χ1n) is 8.64. The quantitative estimate of drug-likeness (QED) is 0.844. The fourth-order valence-electron chi connectivity index (χ4n) is 3.47. The van der Waals surface area contributed by atoms with Crippen molar-refractivity contribution in [2.75, 3.05) is 6.61 Å². The zero-order valence-corrected chi connectivity index (χ0v) is 14.0. The number of aliphatic hydroxyl groups is 1. The molecule has 0 spiro atoms. The van der Waals surface area contributed by atoms with Crippen LogP contribution >= 0.6 is 0 Å². The van der Waals surface area contributed by atoms with Crippen molar-refractivity contribution in [3.05, 3.63) is 41.7 Å². The zero-order valence-electron chi connectivity index (χ0n) is 14.0. The number of aryl methyl sites for hydroxylation is 1. The Morgan fingerprint density at radius 3 is 2.75 bits per heavy atom. The van der Waals surface area contributed by atoms with Crippen molar-refractivity contribution in [2.45, 2.75) is 45.1 Å². The molecule has 3 rings (SSSR count). The fourth-order valence-corrected chi connectivity index (χ4v) is 3.47. The highest BCUT2D eigenvalue weighted by Crippen LogP contribution is 2.27. The number of carbonyl (C=O) groups is 1. The van der Waals surface area contributed by atoms with Gasteiger partial charge in [0.2, 0.25) is 0 Å². The van der Waals surface area contributed by atoms with Crippen molar-refractivity contribution in [1.29, 1.82) is 0 Å². The van der Waals surface area contributed by atoms with E-state index in [0.29, 0.717) is 17.0 Å². The van der Waals surface area contributed by atoms with E-state index in [9.17, 15) is 9.90 Å². The van der Waals surface area contributed by atoms with E-state index >= 15 is 0 Å². The molecular formula is C19H24N2O3. The molecule has 5 nitrogen and oxygen atoms in total. The fraction of sp³-hybridized carbons (Fsp3) is 0.474. The highest BCUT2D eigenvalue weighted by atomic mass is 16.5. The van der Waals surface area contributed by atoms with Crippen LogP contribution in [0.2, 0.25) is 0 Å². The van der Waals surface area contributed by atoms with E-state index in [0.717, 1.165) is 37.7 Å². The average Bonchev–Trinajstić information content (AvgIpc) is 2.85. The number of aliphatic hydroxyl groups excluding tert-OH is 1. The number of rotatable bonds is 4. The third-order valence-corrected chi connectivity index (χ3v) is 4.85. The van der Waals surface area contributed by atoms with Gasteiger partial charge in [-0.25, -0.2) is 0 Å². The van der Waals surface area contributed by atoms with Gasteiger partial charge in [0.1, 0.15) is 17.0 Å². The maximum Gasteiger partial charge on any atom is 0.257 e. The maximum atomic E-state index is 12.9. The van der Waals surface area contributed by atoms with E-state index in [-0.39, 0.29) is 24.5 Å². The van der Waals surface area contributed by atoms with Crippen LogP contribution in [-0.2, 0) is 0 Å². The Labute approximate surface area is 142 Å². The lowest BCUT2D eigenvalue weighted by molar-refractivity contribution is 0.0898. The van der Waals surface area contributed by atoms with Crippen LogP contribution in [0.15, 0.2) is 34.9 Å². The van der Waals surface area contributed by atoms with Crippen LogP contribution in [0.5, 0.6) is 0 Å². The summed E-state index contributed by atoms with van der Waals surface area (Å²) in [5.41, 5.74) is 1.92. The molecule has 128 valence electrons. The predicted octanol–water partition coefficient (Wildman–Crippen LogP) is 3.32. The van der Waals surface area contributed by atoms with Crippen molar-refractivity contribution in [1.82, 2.24) is 10.5 Å².